The van der Waals surface area contributed by atoms with Crippen LogP contribution in [0.15, 0.2) is 0 Å². The van der Waals surface area contributed by atoms with Crippen LogP contribution in [0.25, 0.3) is 0 Å². The highest BCUT2D eigenvalue weighted by Crippen LogP contribution is 2.33. The van der Waals surface area contributed by atoms with E-state index in [-0.39, 0.29) is 17.9 Å². The molecule has 0 spiro atoms. The van der Waals surface area contributed by atoms with Crippen LogP contribution in [-0.2, 0) is 5.41 Å². The summed E-state index contributed by atoms with van der Waals surface area (Å²) in [5.41, 5.74) is 0.723. The first kappa shape index (κ1) is 17.4. The van der Waals surface area contributed by atoms with Gasteiger partial charge in [0.2, 0.25) is 0 Å². The number of alkyl halides is 3. The van der Waals surface area contributed by atoms with E-state index in [0.717, 1.165) is 10.6 Å². The first-order chi connectivity index (χ1) is 9.15. The Morgan fingerprint density at radius 2 is 1.90 bits per heavy atom. The molecule has 1 atom stereocenters. The first-order valence-electron chi connectivity index (χ1n) is 6.78. The predicted octanol–water partition coefficient (Wildman–Crippen LogP) is 4.22. The van der Waals surface area contributed by atoms with Gasteiger partial charge in [-0.3, -0.25) is 0 Å². The van der Waals surface area contributed by atoms with E-state index in [0.29, 0.717) is 13.0 Å². The molecule has 1 unspecified atom stereocenters. The smallest absolute Gasteiger partial charge is 0.309 e. The van der Waals surface area contributed by atoms with Gasteiger partial charge in [0.15, 0.2) is 0 Å². The van der Waals surface area contributed by atoms with Gasteiger partial charge in [0, 0.05) is 17.9 Å². The van der Waals surface area contributed by atoms with Crippen LogP contribution in [0.4, 0.5) is 13.2 Å². The Morgan fingerprint density at radius 1 is 1.25 bits per heavy atom. The van der Waals surface area contributed by atoms with Crippen LogP contribution >= 0.6 is 11.5 Å². The minimum Gasteiger partial charge on any atom is -0.309 e. The van der Waals surface area contributed by atoms with Gasteiger partial charge in [0.05, 0.1) is 10.6 Å². The summed E-state index contributed by atoms with van der Waals surface area (Å²) in [5, 5.41) is 7.40. The van der Waals surface area contributed by atoms with Crippen LogP contribution in [0.2, 0.25) is 0 Å². The third-order valence-corrected chi connectivity index (χ3v) is 3.78. The van der Waals surface area contributed by atoms with Crippen molar-refractivity contribution in [2.45, 2.75) is 64.6 Å². The van der Waals surface area contributed by atoms with Gasteiger partial charge < -0.3 is 5.32 Å². The molecule has 1 aromatic rings. The zero-order valence-electron chi connectivity index (χ0n) is 12.3. The minimum atomic E-state index is -4.09. The maximum atomic E-state index is 12.3. The number of halogens is 3. The molecule has 1 heterocycles. The second-order valence-electron chi connectivity index (χ2n) is 5.85. The molecule has 0 aromatic carbocycles. The second kappa shape index (κ2) is 6.85. The molecule has 0 amide bonds. The van der Waals surface area contributed by atoms with Crippen LogP contribution < -0.4 is 5.32 Å². The molecule has 116 valence electrons. The molecular weight excluding hydrogens is 287 g/mol. The Kier molecular flexibility index (Phi) is 5.94. The molecule has 0 saturated heterocycles. The minimum absolute atomic E-state index is 0.100. The van der Waals surface area contributed by atoms with E-state index in [1.807, 2.05) is 27.7 Å². The molecule has 7 heteroatoms. The summed E-state index contributed by atoms with van der Waals surface area (Å²) in [6, 6.07) is -0.100. The molecule has 1 N–H and O–H groups in total. The molecule has 3 nitrogen and oxygen atoms in total. The molecule has 1 rings (SSSR count). The van der Waals surface area contributed by atoms with E-state index in [1.54, 1.807) is 0 Å². The van der Waals surface area contributed by atoms with Crippen molar-refractivity contribution in [1.82, 2.24) is 14.9 Å². The average molecular weight is 309 g/mol. The molecule has 0 fully saturated rings. The lowest BCUT2D eigenvalue weighted by Gasteiger charge is -2.22. The van der Waals surface area contributed by atoms with Crippen molar-refractivity contribution in [3.05, 3.63) is 10.6 Å². The molecule has 0 bridgehead atoms. The Hall–Kier alpha value is -0.690. The summed E-state index contributed by atoms with van der Waals surface area (Å²) in [6.07, 6.45) is -4.27. The number of rotatable bonds is 6. The summed E-state index contributed by atoms with van der Waals surface area (Å²) in [7, 11) is 0. The quantitative estimate of drug-likeness (QED) is 0.855. The summed E-state index contributed by atoms with van der Waals surface area (Å²) >= 11 is 1.28. The van der Waals surface area contributed by atoms with Gasteiger partial charge in [-0.25, -0.2) is 0 Å². The number of nitrogens with one attached hydrogen (secondary N) is 1. The molecule has 0 radical (unpaired) electrons. The van der Waals surface area contributed by atoms with Crippen LogP contribution in [0.5, 0.6) is 0 Å². The topological polar surface area (TPSA) is 37.8 Å². The highest BCUT2D eigenvalue weighted by molar-refractivity contribution is 7.05. The number of hydrogen-bond donors (Lipinski definition) is 1. The lowest BCUT2D eigenvalue weighted by Crippen LogP contribution is -2.24. The standard InChI is InChI=1S/C13H22F3N3S/c1-5-17-9(7-6-8-13(14,15)16)10-11(12(2,3)4)18-19-20-10/h9,17H,5-8H2,1-4H3. The molecule has 0 aliphatic rings. The van der Waals surface area contributed by atoms with Crippen molar-refractivity contribution < 1.29 is 13.2 Å². The van der Waals surface area contributed by atoms with Crippen LogP contribution in [0, 0.1) is 0 Å². The fourth-order valence-corrected chi connectivity index (χ4v) is 3.00. The van der Waals surface area contributed by atoms with Gasteiger partial charge in [0.25, 0.3) is 0 Å². The van der Waals surface area contributed by atoms with E-state index in [4.69, 9.17) is 0 Å². The SMILES string of the molecule is CCNC(CCCC(F)(F)F)c1snnc1C(C)(C)C. The molecule has 0 aliphatic heterocycles. The predicted molar refractivity (Wildman–Crippen MR) is 74.9 cm³/mol. The van der Waals surface area contributed by atoms with Crippen LogP contribution in [-0.4, -0.2) is 22.3 Å². The monoisotopic (exact) mass is 309 g/mol. The number of nitrogens with zero attached hydrogens (tertiary/aromatic N) is 2. The fraction of sp³-hybridized carbons (Fsp3) is 0.846. The molecule has 1 aromatic heterocycles. The molecule has 0 saturated carbocycles. The average Bonchev–Trinajstić information content (AvgIpc) is 2.74. The fourth-order valence-electron chi connectivity index (χ4n) is 2.02. The van der Waals surface area contributed by atoms with E-state index in [9.17, 15) is 13.2 Å². The first-order valence-corrected chi connectivity index (χ1v) is 7.55. The van der Waals surface area contributed by atoms with E-state index < -0.39 is 12.6 Å². The number of hydrogen-bond acceptors (Lipinski definition) is 4. The van der Waals surface area contributed by atoms with Gasteiger partial charge in [-0.1, -0.05) is 32.2 Å². The largest absolute Gasteiger partial charge is 0.389 e. The van der Waals surface area contributed by atoms with Crippen molar-refractivity contribution in [3.8, 4) is 0 Å². The van der Waals surface area contributed by atoms with Gasteiger partial charge >= 0.3 is 6.18 Å². The highest BCUT2D eigenvalue weighted by Gasteiger charge is 2.29. The third kappa shape index (κ3) is 5.36. The number of aromatic nitrogens is 2. The highest BCUT2D eigenvalue weighted by atomic mass is 32.1. The maximum absolute atomic E-state index is 12.3. The summed E-state index contributed by atoms with van der Waals surface area (Å²) in [4.78, 5) is 0.960. The summed E-state index contributed by atoms with van der Waals surface area (Å²) in [5.74, 6) is 0. The molecule has 20 heavy (non-hydrogen) atoms. The Morgan fingerprint density at radius 3 is 2.40 bits per heavy atom. The van der Waals surface area contributed by atoms with Crippen molar-refractivity contribution >= 4 is 11.5 Å². The van der Waals surface area contributed by atoms with Gasteiger partial charge in [0.1, 0.15) is 0 Å². The second-order valence-corrected chi connectivity index (χ2v) is 6.64. The zero-order chi connectivity index (χ0) is 15.4. The third-order valence-electron chi connectivity index (χ3n) is 2.94. The zero-order valence-corrected chi connectivity index (χ0v) is 13.2. The van der Waals surface area contributed by atoms with E-state index >= 15 is 0 Å². The van der Waals surface area contributed by atoms with Gasteiger partial charge in [-0.15, -0.1) is 5.10 Å². The lowest BCUT2D eigenvalue weighted by molar-refractivity contribution is -0.135. The molecule has 0 aliphatic carbocycles. The Balaban J connectivity index is 2.79. The normalized spacial score (nSPS) is 14.6. The van der Waals surface area contributed by atoms with Gasteiger partial charge in [-0.2, -0.15) is 13.2 Å². The van der Waals surface area contributed by atoms with Crippen molar-refractivity contribution in [2.24, 2.45) is 0 Å². The van der Waals surface area contributed by atoms with Crippen molar-refractivity contribution in [3.63, 3.8) is 0 Å². The van der Waals surface area contributed by atoms with Crippen LogP contribution in [0.3, 0.4) is 0 Å². The lowest BCUT2D eigenvalue weighted by atomic mass is 9.89. The molecular formula is C13H22F3N3S. The van der Waals surface area contributed by atoms with E-state index in [1.165, 1.54) is 11.5 Å². The van der Waals surface area contributed by atoms with Crippen molar-refractivity contribution in [1.29, 1.82) is 0 Å². The van der Waals surface area contributed by atoms with Crippen molar-refractivity contribution in [2.75, 3.05) is 6.54 Å². The van der Waals surface area contributed by atoms with Gasteiger partial charge in [-0.05, 0) is 30.9 Å². The maximum Gasteiger partial charge on any atom is 0.389 e. The summed E-state index contributed by atoms with van der Waals surface area (Å²) in [6.45, 7) is 8.75. The summed E-state index contributed by atoms with van der Waals surface area (Å²) < 4.78 is 40.8. The van der Waals surface area contributed by atoms with E-state index in [2.05, 4.69) is 14.9 Å². The van der Waals surface area contributed by atoms with Crippen LogP contribution in [0.1, 0.15) is 63.6 Å². The Labute approximate surface area is 122 Å². The Bertz CT molecular complexity index is 410.